The molecule has 4 nitrogen and oxygen atoms in total. The van der Waals surface area contributed by atoms with E-state index in [-0.39, 0.29) is 6.42 Å². The van der Waals surface area contributed by atoms with Crippen molar-refractivity contribution in [1.29, 1.82) is 0 Å². The third-order valence-corrected chi connectivity index (χ3v) is 3.53. The van der Waals surface area contributed by atoms with Crippen molar-refractivity contribution in [3.8, 4) is 0 Å². The Kier molecular flexibility index (Phi) is 7.28. The molecule has 0 saturated carbocycles. The van der Waals surface area contributed by atoms with Gasteiger partial charge in [-0.15, -0.1) is 0 Å². The Morgan fingerprint density at radius 2 is 2.28 bits per heavy atom. The molecule has 4 heteroatoms. The molecule has 1 unspecified atom stereocenters. The summed E-state index contributed by atoms with van der Waals surface area (Å²) in [6.45, 7) is 8.91. The maximum Gasteiger partial charge on any atom is 0.303 e. The molecule has 0 spiro atoms. The zero-order chi connectivity index (χ0) is 13.4. The number of hydrogen-bond acceptors (Lipinski definition) is 3. The standard InChI is InChI=1S/C14H28N2O2/c1-12(2)7-10-16-9-4-5-13(11-16)15-8-3-6-14(17)18/h12-13,15H,3-11H2,1-2H3,(H,17,18). The van der Waals surface area contributed by atoms with Crippen molar-refractivity contribution in [2.24, 2.45) is 5.92 Å². The number of carbonyl (C=O) groups is 1. The van der Waals surface area contributed by atoms with Crippen LogP contribution in [0.3, 0.4) is 0 Å². The lowest BCUT2D eigenvalue weighted by Gasteiger charge is -2.33. The zero-order valence-electron chi connectivity index (χ0n) is 11.8. The molecule has 18 heavy (non-hydrogen) atoms. The second-order valence-corrected chi connectivity index (χ2v) is 5.77. The molecule has 1 heterocycles. The van der Waals surface area contributed by atoms with Crippen molar-refractivity contribution < 1.29 is 9.90 Å². The van der Waals surface area contributed by atoms with E-state index in [2.05, 4.69) is 24.1 Å². The largest absolute Gasteiger partial charge is 0.481 e. The maximum atomic E-state index is 10.4. The van der Waals surface area contributed by atoms with Crippen LogP contribution in [0.2, 0.25) is 0 Å². The molecule has 0 amide bonds. The molecule has 1 aliphatic rings. The lowest BCUT2D eigenvalue weighted by molar-refractivity contribution is -0.137. The highest BCUT2D eigenvalue weighted by atomic mass is 16.4. The van der Waals surface area contributed by atoms with Gasteiger partial charge in [0.25, 0.3) is 0 Å². The van der Waals surface area contributed by atoms with Crippen molar-refractivity contribution >= 4 is 5.97 Å². The highest BCUT2D eigenvalue weighted by Crippen LogP contribution is 2.12. The number of aliphatic carboxylic acids is 1. The van der Waals surface area contributed by atoms with Crippen LogP contribution in [0.5, 0.6) is 0 Å². The number of nitrogens with one attached hydrogen (secondary N) is 1. The van der Waals surface area contributed by atoms with Crippen LogP contribution < -0.4 is 5.32 Å². The Bertz CT molecular complexity index is 244. The van der Waals surface area contributed by atoms with Crippen molar-refractivity contribution in [1.82, 2.24) is 10.2 Å². The Labute approximate surface area is 111 Å². The van der Waals surface area contributed by atoms with E-state index in [4.69, 9.17) is 5.11 Å². The average Bonchev–Trinajstić information content (AvgIpc) is 2.32. The average molecular weight is 256 g/mol. The molecular weight excluding hydrogens is 228 g/mol. The van der Waals surface area contributed by atoms with Gasteiger partial charge in [0, 0.05) is 19.0 Å². The number of carboxylic acid groups (broad SMARTS) is 1. The predicted molar refractivity (Wildman–Crippen MR) is 73.8 cm³/mol. The van der Waals surface area contributed by atoms with Gasteiger partial charge in [0.1, 0.15) is 0 Å². The summed E-state index contributed by atoms with van der Waals surface area (Å²) in [7, 11) is 0. The number of piperidine rings is 1. The summed E-state index contributed by atoms with van der Waals surface area (Å²) in [6, 6.07) is 0.555. The first-order valence-corrected chi connectivity index (χ1v) is 7.25. The summed E-state index contributed by atoms with van der Waals surface area (Å²) in [5.41, 5.74) is 0. The molecule has 0 aromatic heterocycles. The monoisotopic (exact) mass is 256 g/mol. The summed E-state index contributed by atoms with van der Waals surface area (Å²) >= 11 is 0. The van der Waals surface area contributed by atoms with Crippen molar-refractivity contribution in [3.63, 3.8) is 0 Å². The maximum absolute atomic E-state index is 10.4. The molecule has 1 aliphatic heterocycles. The summed E-state index contributed by atoms with van der Waals surface area (Å²) in [5.74, 6) is 0.0768. The van der Waals surface area contributed by atoms with Gasteiger partial charge in [-0.25, -0.2) is 0 Å². The second-order valence-electron chi connectivity index (χ2n) is 5.77. The van der Waals surface area contributed by atoms with E-state index in [0.717, 1.165) is 25.4 Å². The fourth-order valence-electron chi connectivity index (χ4n) is 2.41. The van der Waals surface area contributed by atoms with E-state index >= 15 is 0 Å². The highest BCUT2D eigenvalue weighted by Gasteiger charge is 2.18. The van der Waals surface area contributed by atoms with Gasteiger partial charge in [0.15, 0.2) is 0 Å². The van der Waals surface area contributed by atoms with Gasteiger partial charge in [-0.05, 0) is 51.2 Å². The van der Waals surface area contributed by atoms with Gasteiger partial charge >= 0.3 is 5.97 Å². The number of hydrogen-bond donors (Lipinski definition) is 2. The number of carboxylic acids is 1. The van der Waals surface area contributed by atoms with Gasteiger partial charge in [-0.1, -0.05) is 13.8 Å². The molecule has 2 N–H and O–H groups in total. The molecule has 1 atom stereocenters. The van der Waals surface area contributed by atoms with Crippen LogP contribution >= 0.6 is 0 Å². The Morgan fingerprint density at radius 3 is 2.94 bits per heavy atom. The highest BCUT2D eigenvalue weighted by molar-refractivity contribution is 5.66. The molecule has 106 valence electrons. The lowest BCUT2D eigenvalue weighted by Crippen LogP contribution is -2.46. The van der Waals surface area contributed by atoms with E-state index in [9.17, 15) is 4.79 Å². The predicted octanol–water partition coefficient (Wildman–Crippen LogP) is 1.95. The third-order valence-electron chi connectivity index (χ3n) is 3.53. The Hall–Kier alpha value is -0.610. The van der Waals surface area contributed by atoms with Gasteiger partial charge in [-0.3, -0.25) is 4.79 Å². The van der Waals surface area contributed by atoms with Gasteiger partial charge in [0.2, 0.25) is 0 Å². The molecule has 0 aromatic carbocycles. The Morgan fingerprint density at radius 1 is 1.50 bits per heavy atom. The molecule has 0 bridgehead atoms. The van der Waals surface area contributed by atoms with Crippen molar-refractivity contribution in [2.75, 3.05) is 26.2 Å². The first-order valence-electron chi connectivity index (χ1n) is 7.25. The first kappa shape index (κ1) is 15.4. The first-order chi connectivity index (χ1) is 8.58. The fraction of sp³-hybridized carbons (Fsp3) is 0.929. The van der Waals surface area contributed by atoms with Gasteiger partial charge in [-0.2, -0.15) is 0 Å². The van der Waals surface area contributed by atoms with Crippen LogP contribution in [0.1, 0.15) is 46.0 Å². The van der Waals surface area contributed by atoms with Crippen LogP contribution in [0, 0.1) is 5.92 Å². The number of nitrogens with zero attached hydrogens (tertiary/aromatic N) is 1. The molecule has 1 fully saturated rings. The Balaban J connectivity index is 2.12. The summed E-state index contributed by atoms with van der Waals surface area (Å²) in [5, 5.41) is 12.1. The second kappa shape index (κ2) is 8.48. The minimum atomic E-state index is -0.695. The third kappa shape index (κ3) is 6.97. The van der Waals surface area contributed by atoms with Gasteiger partial charge in [0.05, 0.1) is 0 Å². The van der Waals surface area contributed by atoms with E-state index in [1.54, 1.807) is 0 Å². The van der Waals surface area contributed by atoms with Gasteiger partial charge < -0.3 is 15.3 Å². The minimum absolute atomic E-state index is 0.275. The topological polar surface area (TPSA) is 52.6 Å². The minimum Gasteiger partial charge on any atom is -0.481 e. The summed E-state index contributed by atoms with van der Waals surface area (Å²) < 4.78 is 0. The van der Waals surface area contributed by atoms with E-state index in [0.29, 0.717) is 6.04 Å². The van der Waals surface area contributed by atoms with Crippen molar-refractivity contribution in [3.05, 3.63) is 0 Å². The lowest BCUT2D eigenvalue weighted by atomic mass is 10.0. The molecular formula is C14H28N2O2. The van der Waals surface area contributed by atoms with E-state index < -0.39 is 5.97 Å². The summed E-state index contributed by atoms with van der Waals surface area (Å²) in [6.07, 6.45) is 4.76. The van der Waals surface area contributed by atoms with Crippen LogP contribution in [0.4, 0.5) is 0 Å². The van der Waals surface area contributed by atoms with E-state index in [1.165, 1.54) is 32.4 Å². The molecule has 0 radical (unpaired) electrons. The fourth-order valence-corrected chi connectivity index (χ4v) is 2.41. The summed E-state index contributed by atoms with van der Waals surface area (Å²) in [4.78, 5) is 13.0. The molecule has 0 aliphatic carbocycles. The quantitative estimate of drug-likeness (QED) is 0.652. The normalized spacial score (nSPS) is 21.4. The van der Waals surface area contributed by atoms with Crippen LogP contribution in [-0.2, 0) is 4.79 Å². The SMILES string of the molecule is CC(C)CCN1CCCC(NCCCC(=O)O)C1. The zero-order valence-corrected chi connectivity index (χ0v) is 11.8. The van der Waals surface area contributed by atoms with E-state index in [1.807, 2.05) is 0 Å². The molecule has 1 saturated heterocycles. The van der Waals surface area contributed by atoms with Crippen LogP contribution in [0.25, 0.3) is 0 Å². The van der Waals surface area contributed by atoms with Crippen molar-refractivity contribution in [2.45, 2.75) is 52.0 Å². The molecule has 0 aromatic rings. The van der Waals surface area contributed by atoms with Crippen LogP contribution in [-0.4, -0.2) is 48.2 Å². The smallest absolute Gasteiger partial charge is 0.303 e. The van der Waals surface area contributed by atoms with Crippen LogP contribution in [0.15, 0.2) is 0 Å². The number of rotatable bonds is 8. The molecule has 1 rings (SSSR count). The number of likely N-dealkylation sites (tertiary alicyclic amines) is 1.